The summed E-state index contributed by atoms with van der Waals surface area (Å²) in [4.78, 5) is 86.3. The van der Waals surface area contributed by atoms with Crippen molar-refractivity contribution in [1.29, 1.82) is 0 Å². The minimum absolute atomic E-state index is 0.0226. The van der Waals surface area contributed by atoms with Crippen molar-refractivity contribution in [2.45, 2.75) is 102 Å². The summed E-state index contributed by atoms with van der Waals surface area (Å²) in [7, 11) is 6.43. The lowest BCUT2D eigenvalue weighted by Crippen LogP contribution is -2.48. The van der Waals surface area contributed by atoms with Crippen molar-refractivity contribution in [2.75, 3.05) is 103 Å². The van der Waals surface area contributed by atoms with Crippen LogP contribution in [0.25, 0.3) is 0 Å². The molecule has 0 aliphatic carbocycles. The number of nitrogen functional groups attached to an aromatic ring is 3. The fourth-order valence-electron chi connectivity index (χ4n) is 10.2. The maximum atomic E-state index is 13.0. The number of pyridine rings is 3. The molecule has 0 saturated carbocycles. The molecule has 0 fully saturated rings. The van der Waals surface area contributed by atoms with E-state index in [-0.39, 0.29) is 78.4 Å². The predicted octanol–water partition coefficient (Wildman–Crippen LogP) is 6.36. The Balaban J connectivity index is 0.000000176. The topological polar surface area (TPSA) is 298 Å². The Hall–Kier alpha value is -8.41. The maximum Gasteiger partial charge on any atom is 0.246 e. The minimum Gasteiger partial charge on any atom is -0.496 e. The third kappa shape index (κ3) is 13.1. The zero-order valence-electron chi connectivity index (χ0n) is 49.0. The Morgan fingerprint density at radius 1 is 0.519 bits per heavy atom. The van der Waals surface area contributed by atoms with Gasteiger partial charge in [0.2, 0.25) is 35.5 Å². The largest absolute Gasteiger partial charge is 0.496 e. The highest BCUT2D eigenvalue weighted by molar-refractivity contribution is 6.31. The average molecular weight is 1130 g/mol. The first-order valence-corrected chi connectivity index (χ1v) is 26.8. The van der Waals surface area contributed by atoms with Gasteiger partial charge in [-0.25, -0.2) is 9.97 Å². The molecule has 432 valence electrons. The molecule has 6 N–H and O–H groups in total. The highest BCUT2D eigenvalue weighted by atomic mass is 35.5. The highest BCUT2D eigenvalue weighted by Gasteiger charge is 2.37. The molecule has 0 unspecified atom stereocenters. The number of methoxy groups -OCH3 is 4. The third-order valence-corrected chi connectivity index (χ3v) is 14.2. The van der Waals surface area contributed by atoms with Crippen molar-refractivity contribution in [1.82, 2.24) is 44.9 Å². The van der Waals surface area contributed by atoms with E-state index in [0.717, 1.165) is 73.4 Å². The molecule has 3 aliphatic rings. The van der Waals surface area contributed by atoms with Gasteiger partial charge in [0, 0.05) is 77.0 Å². The number of halogens is 1. The van der Waals surface area contributed by atoms with Gasteiger partial charge in [0.25, 0.3) is 0 Å². The van der Waals surface area contributed by atoms with E-state index in [1.165, 1.54) is 7.11 Å². The predicted molar refractivity (Wildman–Crippen MR) is 313 cm³/mol. The van der Waals surface area contributed by atoms with Gasteiger partial charge >= 0.3 is 0 Å². The number of carbonyl (C=O) groups is 3. The van der Waals surface area contributed by atoms with Crippen LogP contribution >= 0.6 is 11.6 Å². The maximum absolute atomic E-state index is 13.0. The lowest BCUT2D eigenvalue weighted by atomic mass is 10.0. The fourth-order valence-corrected chi connectivity index (χ4v) is 10.4. The number of Topliss-reactive ketones (excluding diaryl/α,β-unsaturated/α-hetero) is 1. The van der Waals surface area contributed by atoms with Crippen LogP contribution in [0.3, 0.4) is 0 Å². The molecule has 25 heteroatoms. The summed E-state index contributed by atoms with van der Waals surface area (Å²) < 4.78 is 21.9. The molecular formula is C56H74ClN17O7. The van der Waals surface area contributed by atoms with Crippen molar-refractivity contribution in [3.05, 3.63) is 85.5 Å². The van der Waals surface area contributed by atoms with Gasteiger partial charge in [0.1, 0.15) is 39.6 Å². The van der Waals surface area contributed by atoms with E-state index in [4.69, 9.17) is 47.7 Å². The first-order valence-electron chi connectivity index (χ1n) is 26.4. The van der Waals surface area contributed by atoms with E-state index in [1.807, 2.05) is 63.2 Å². The molecule has 0 radical (unpaired) electrons. The second kappa shape index (κ2) is 25.4. The number of rotatable bonds is 14. The Kier molecular flexibility index (Phi) is 18.9. The molecule has 0 atom stereocenters. The molecule has 0 saturated heterocycles. The van der Waals surface area contributed by atoms with Crippen LogP contribution in [0.4, 0.5) is 46.7 Å². The number of amides is 2. The number of hydrogen-bond acceptors (Lipinski definition) is 22. The van der Waals surface area contributed by atoms with Crippen LogP contribution in [0.1, 0.15) is 89.4 Å². The zero-order chi connectivity index (χ0) is 59.3. The van der Waals surface area contributed by atoms with Crippen LogP contribution in [0.15, 0.2) is 18.6 Å². The number of aromatic nitrogens is 9. The summed E-state index contributed by atoms with van der Waals surface area (Å²) in [6, 6.07) is 0. The standard InChI is InChI=1S/C20H28N6O3.C20H28N6O2.C16H18ClN5O2/c1-11(2)8-26-15(27)10-25(18-16(26)19(29-6)24-20(21)23-18)9-14-13(4)17(28-5)12(3)7-22-14;1-11(2)8-26-16(27)10-25(19-17(26)14(5)23-20(21)24-19)9-15-13(4)18(28-6)12(3)7-22-15;1-8-5-19-12(9(2)13(8)24-3)7-22-6-10(23)4-11-14(17)20-16(18)21-15(11)22/h7,11H,8-10H2,1-6H3,(H2,21,23,24);7,11H,8-10H2,1-6H3,(H2,21,23,24);5H,4,6-7H2,1-3H3,(H2,18,20,21). The highest BCUT2D eigenvalue weighted by Crippen LogP contribution is 2.42. The Morgan fingerprint density at radius 3 is 1.32 bits per heavy atom. The SMILES string of the molecule is COc1c(C)cnc(CN2CC(=O)Cc3c(Cl)nc(N)nc32)c1C.COc1c(C)cnc(CN2CC(=O)N(CC(C)C)c3c(C)nc(N)nc32)c1C.COc1nc(N)nc2c1N(CC(C)C)C(=O)CN2Cc1ncc(C)c(OC)c1C. The lowest BCUT2D eigenvalue weighted by Gasteiger charge is -2.37. The van der Waals surface area contributed by atoms with Gasteiger partial charge in [0.15, 0.2) is 17.4 Å². The summed E-state index contributed by atoms with van der Waals surface area (Å²) in [6.07, 6.45) is 5.54. The van der Waals surface area contributed by atoms with Gasteiger partial charge in [-0.05, 0) is 60.3 Å². The summed E-state index contributed by atoms with van der Waals surface area (Å²) in [5.74, 6) is 5.52. The summed E-state index contributed by atoms with van der Waals surface area (Å²) in [6.45, 7) is 24.9. The summed E-state index contributed by atoms with van der Waals surface area (Å²) in [5, 5.41) is 0.224. The van der Waals surface area contributed by atoms with E-state index < -0.39 is 0 Å². The number of fused-ring (bicyclic) bond motifs is 3. The van der Waals surface area contributed by atoms with Gasteiger partial charge in [-0.3, -0.25) is 29.3 Å². The number of hydrogen-bond donors (Lipinski definition) is 3. The summed E-state index contributed by atoms with van der Waals surface area (Å²) >= 11 is 6.14. The van der Waals surface area contributed by atoms with E-state index >= 15 is 0 Å². The Morgan fingerprint density at radius 2 is 0.901 bits per heavy atom. The smallest absolute Gasteiger partial charge is 0.246 e. The Labute approximate surface area is 477 Å². The molecule has 0 spiro atoms. The number of nitrogens with two attached hydrogens (primary N) is 3. The van der Waals surface area contributed by atoms with Crippen LogP contribution in [-0.2, 0) is 40.4 Å². The van der Waals surface area contributed by atoms with Gasteiger partial charge in [-0.1, -0.05) is 39.3 Å². The van der Waals surface area contributed by atoms with Crippen molar-refractivity contribution in [3.8, 4) is 23.1 Å². The van der Waals surface area contributed by atoms with Crippen LogP contribution in [0.2, 0.25) is 5.15 Å². The quantitative estimate of drug-likeness (QED) is 0.1000. The van der Waals surface area contributed by atoms with E-state index in [2.05, 4.69) is 72.6 Å². The van der Waals surface area contributed by atoms with Crippen molar-refractivity contribution >= 4 is 75.9 Å². The molecule has 24 nitrogen and oxygen atoms in total. The number of ketones is 1. The van der Waals surface area contributed by atoms with Gasteiger partial charge < -0.3 is 60.6 Å². The van der Waals surface area contributed by atoms with Crippen molar-refractivity contribution in [3.63, 3.8) is 0 Å². The van der Waals surface area contributed by atoms with Crippen molar-refractivity contribution < 1.29 is 33.3 Å². The number of aryl methyl sites for hydroxylation is 4. The number of nitrogens with zero attached hydrogens (tertiary/aromatic N) is 14. The van der Waals surface area contributed by atoms with Crippen LogP contribution < -0.4 is 60.6 Å². The molecule has 0 bridgehead atoms. The summed E-state index contributed by atoms with van der Waals surface area (Å²) in [5.41, 5.74) is 28.3. The third-order valence-electron chi connectivity index (χ3n) is 13.9. The molecule has 6 aromatic rings. The molecule has 9 heterocycles. The zero-order valence-corrected chi connectivity index (χ0v) is 49.7. The normalized spacial score (nSPS) is 13.8. The van der Waals surface area contributed by atoms with Crippen molar-refractivity contribution in [2.24, 2.45) is 11.8 Å². The molecule has 6 aromatic heterocycles. The van der Waals surface area contributed by atoms with E-state index in [1.54, 1.807) is 49.7 Å². The first-order chi connectivity index (χ1) is 38.4. The first kappa shape index (κ1) is 60.2. The number of anilines is 8. The van der Waals surface area contributed by atoms with Crippen LogP contribution in [0.5, 0.6) is 23.1 Å². The molecule has 3 aliphatic heterocycles. The van der Waals surface area contributed by atoms with E-state index in [9.17, 15) is 14.4 Å². The van der Waals surface area contributed by atoms with Gasteiger partial charge in [0.05, 0.1) is 90.5 Å². The second-order valence-electron chi connectivity index (χ2n) is 21.0. The fraction of sp³-hybridized carbons (Fsp3) is 0.464. The molecule has 0 aromatic carbocycles. The van der Waals surface area contributed by atoms with Crippen LogP contribution in [-0.4, -0.2) is 124 Å². The number of carbonyl (C=O) groups excluding carboxylic acids is 3. The monoisotopic (exact) mass is 1130 g/mol. The minimum atomic E-state index is -0.0467. The number of ether oxygens (including phenoxy) is 4. The lowest BCUT2D eigenvalue weighted by molar-refractivity contribution is -0.118. The van der Waals surface area contributed by atoms with E-state index in [0.29, 0.717) is 73.0 Å². The van der Waals surface area contributed by atoms with Gasteiger partial charge in [-0.15, -0.1) is 0 Å². The van der Waals surface area contributed by atoms with Crippen LogP contribution in [0, 0.1) is 60.3 Å². The molecule has 81 heavy (non-hydrogen) atoms. The Bertz CT molecular complexity index is 3360. The molecule has 2 amide bonds. The molecule has 9 rings (SSSR count). The van der Waals surface area contributed by atoms with Gasteiger partial charge in [-0.2, -0.15) is 19.9 Å². The second-order valence-corrected chi connectivity index (χ2v) is 21.4. The average Bonchev–Trinajstić information content (AvgIpc) is 3.42. The molecular weight excluding hydrogens is 1060 g/mol.